The van der Waals surface area contributed by atoms with E-state index in [2.05, 4.69) is 29.3 Å². The number of aryl methyl sites for hydroxylation is 1. The third kappa shape index (κ3) is 1.39. The summed E-state index contributed by atoms with van der Waals surface area (Å²) < 4.78 is 4.31. The summed E-state index contributed by atoms with van der Waals surface area (Å²) in [6.07, 6.45) is 2.64. The van der Waals surface area contributed by atoms with Crippen LogP contribution >= 0.6 is 11.5 Å². The Kier molecular flexibility index (Phi) is 2.15. The first-order valence-electron chi connectivity index (χ1n) is 4.41. The summed E-state index contributed by atoms with van der Waals surface area (Å²) in [5.74, 6) is 0. The zero-order chi connectivity index (χ0) is 8.55. The molecule has 2 heterocycles. The fourth-order valence-electron chi connectivity index (χ4n) is 1.81. The Morgan fingerprint density at radius 2 is 2.50 bits per heavy atom. The van der Waals surface area contributed by atoms with E-state index in [1.54, 1.807) is 11.5 Å². The number of rotatable bonds is 1. The second kappa shape index (κ2) is 3.15. The Labute approximate surface area is 77.4 Å². The molecule has 3 heteroatoms. The molecule has 2 rings (SSSR count). The average molecular weight is 182 g/mol. The summed E-state index contributed by atoms with van der Waals surface area (Å²) in [6.45, 7) is 3.30. The summed E-state index contributed by atoms with van der Waals surface area (Å²) in [5.41, 5.74) is 1.16. The minimum atomic E-state index is 0.649. The van der Waals surface area contributed by atoms with E-state index in [0.717, 1.165) is 5.69 Å². The highest BCUT2D eigenvalue weighted by Crippen LogP contribution is 2.32. The van der Waals surface area contributed by atoms with Gasteiger partial charge in [-0.2, -0.15) is 4.37 Å². The predicted molar refractivity (Wildman–Crippen MR) is 51.5 cm³/mol. The van der Waals surface area contributed by atoms with Crippen LogP contribution in [0.4, 0.5) is 0 Å². The van der Waals surface area contributed by atoms with Gasteiger partial charge in [-0.3, -0.25) is 4.90 Å². The van der Waals surface area contributed by atoms with Crippen LogP contribution in [0.2, 0.25) is 0 Å². The highest BCUT2D eigenvalue weighted by Gasteiger charge is 2.23. The maximum absolute atomic E-state index is 4.31. The van der Waals surface area contributed by atoms with Gasteiger partial charge in [-0.05, 0) is 51.0 Å². The molecular weight excluding hydrogens is 168 g/mol. The highest BCUT2D eigenvalue weighted by molar-refractivity contribution is 7.05. The van der Waals surface area contributed by atoms with E-state index >= 15 is 0 Å². The van der Waals surface area contributed by atoms with E-state index in [1.165, 1.54) is 24.3 Å². The summed E-state index contributed by atoms with van der Waals surface area (Å²) >= 11 is 1.66. The first-order chi connectivity index (χ1) is 5.77. The number of likely N-dealkylation sites (tertiary alicyclic amines) is 1. The van der Waals surface area contributed by atoms with Crippen LogP contribution in [0.5, 0.6) is 0 Å². The zero-order valence-corrected chi connectivity index (χ0v) is 8.40. The van der Waals surface area contributed by atoms with E-state index in [0.29, 0.717) is 6.04 Å². The molecule has 1 fully saturated rings. The van der Waals surface area contributed by atoms with Gasteiger partial charge in [-0.25, -0.2) is 0 Å². The van der Waals surface area contributed by atoms with Crippen LogP contribution in [-0.4, -0.2) is 22.9 Å². The van der Waals surface area contributed by atoms with E-state index < -0.39 is 0 Å². The predicted octanol–water partition coefficient (Wildman–Crippen LogP) is 2.22. The molecule has 12 heavy (non-hydrogen) atoms. The van der Waals surface area contributed by atoms with Crippen molar-refractivity contribution in [2.75, 3.05) is 13.6 Å². The molecule has 0 saturated carbocycles. The topological polar surface area (TPSA) is 16.1 Å². The van der Waals surface area contributed by atoms with Crippen molar-refractivity contribution in [3.63, 3.8) is 0 Å². The minimum absolute atomic E-state index is 0.649. The van der Waals surface area contributed by atoms with Crippen molar-refractivity contribution in [3.05, 3.63) is 16.6 Å². The maximum atomic E-state index is 4.31. The van der Waals surface area contributed by atoms with Crippen LogP contribution in [0.1, 0.15) is 29.5 Å². The molecule has 0 aliphatic carbocycles. The molecule has 1 aromatic rings. The van der Waals surface area contributed by atoms with Gasteiger partial charge >= 0.3 is 0 Å². The monoisotopic (exact) mass is 182 g/mol. The molecule has 1 saturated heterocycles. The second-order valence-corrected chi connectivity index (χ2v) is 4.35. The Morgan fingerprint density at radius 1 is 1.67 bits per heavy atom. The van der Waals surface area contributed by atoms with Crippen molar-refractivity contribution >= 4 is 11.5 Å². The third-order valence-corrected chi connectivity index (χ3v) is 3.48. The van der Waals surface area contributed by atoms with Gasteiger partial charge in [0.05, 0.1) is 5.69 Å². The first kappa shape index (κ1) is 8.20. The molecule has 66 valence electrons. The lowest BCUT2D eigenvalue weighted by Crippen LogP contribution is -2.16. The van der Waals surface area contributed by atoms with Crippen molar-refractivity contribution < 1.29 is 0 Å². The molecule has 0 amide bonds. The average Bonchev–Trinajstić information content (AvgIpc) is 2.58. The molecule has 2 nitrogen and oxygen atoms in total. The zero-order valence-electron chi connectivity index (χ0n) is 7.58. The fraction of sp³-hybridized carbons (Fsp3) is 0.667. The van der Waals surface area contributed by atoms with Crippen molar-refractivity contribution in [1.82, 2.24) is 9.27 Å². The molecule has 1 atom stereocenters. The van der Waals surface area contributed by atoms with Gasteiger partial charge in [-0.1, -0.05) is 0 Å². The number of hydrogen-bond donors (Lipinski definition) is 0. The third-order valence-electron chi connectivity index (χ3n) is 2.50. The quantitative estimate of drug-likeness (QED) is 0.662. The molecule has 0 unspecified atom stereocenters. The van der Waals surface area contributed by atoms with Crippen LogP contribution < -0.4 is 0 Å². The lowest BCUT2D eigenvalue weighted by Gasteiger charge is -2.16. The summed E-state index contributed by atoms with van der Waals surface area (Å²) in [6, 6.07) is 2.87. The molecule has 0 N–H and O–H groups in total. The van der Waals surface area contributed by atoms with E-state index in [-0.39, 0.29) is 0 Å². The van der Waals surface area contributed by atoms with Crippen molar-refractivity contribution in [2.45, 2.75) is 25.8 Å². The van der Waals surface area contributed by atoms with Crippen LogP contribution in [-0.2, 0) is 0 Å². The lowest BCUT2D eigenvalue weighted by atomic mass is 10.2. The SMILES string of the molecule is Cc1cc([C@H]2CCCN2C)sn1. The first-order valence-corrected chi connectivity index (χ1v) is 5.18. The van der Waals surface area contributed by atoms with Crippen LogP contribution in [0, 0.1) is 6.92 Å². The number of nitrogens with zero attached hydrogens (tertiary/aromatic N) is 2. The Morgan fingerprint density at radius 3 is 3.00 bits per heavy atom. The van der Waals surface area contributed by atoms with Gasteiger partial charge in [0, 0.05) is 10.9 Å². The highest BCUT2D eigenvalue weighted by atomic mass is 32.1. The molecule has 0 bridgehead atoms. The fourth-order valence-corrected chi connectivity index (χ4v) is 2.75. The van der Waals surface area contributed by atoms with E-state index in [4.69, 9.17) is 0 Å². The minimum Gasteiger partial charge on any atom is -0.298 e. The molecule has 1 aliphatic rings. The molecule has 0 spiro atoms. The smallest absolute Gasteiger partial charge is 0.0514 e. The molecule has 0 radical (unpaired) electrons. The van der Waals surface area contributed by atoms with Crippen molar-refractivity contribution in [1.29, 1.82) is 0 Å². The van der Waals surface area contributed by atoms with Crippen LogP contribution in [0.3, 0.4) is 0 Å². The van der Waals surface area contributed by atoms with Gasteiger partial charge in [0.2, 0.25) is 0 Å². The van der Waals surface area contributed by atoms with Gasteiger partial charge in [0.25, 0.3) is 0 Å². The Hall–Kier alpha value is -0.410. The Bertz CT molecular complexity index is 269. The largest absolute Gasteiger partial charge is 0.298 e. The standard InChI is InChI=1S/C9H14N2S/c1-7-6-9(12-10-7)8-4-3-5-11(8)2/h6,8H,3-5H2,1-2H3/t8-/m1/s1. The number of hydrogen-bond acceptors (Lipinski definition) is 3. The van der Waals surface area contributed by atoms with Gasteiger partial charge in [-0.15, -0.1) is 0 Å². The van der Waals surface area contributed by atoms with Crippen molar-refractivity contribution in [3.8, 4) is 0 Å². The van der Waals surface area contributed by atoms with Gasteiger partial charge < -0.3 is 0 Å². The number of aromatic nitrogens is 1. The molecule has 1 aliphatic heterocycles. The van der Waals surface area contributed by atoms with E-state index in [9.17, 15) is 0 Å². The summed E-state index contributed by atoms with van der Waals surface area (Å²) in [7, 11) is 2.20. The maximum Gasteiger partial charge on any atom is 0.0514 e. The Balaban J connectivity index is 2.19. The summed E-state index contributed by atoms with van der Waals surface area (Å²) in [4.78, 5) is 3.86. The molecular formula is C9H14N2S. The van der Waals surface area contributed by atoms with Crippen LogP contribution in [0.15, 0.2) is 6.07 Å². The second-order valence-electron chi connectivity index (χ2n) is 3.51. The molecule has 0 aromatic carbocycles. The van der Waals surface area contributed by atoms with Crippen molar-refractivity contribution in [2.24, 2.45) is 0 Å². The van der Waals surface area contributed by atoms with Crippen LogP contribution in [0.25, 0.3) is 0 Å². The van der Waals surface area contributed by atoms with Gasteiger partial charge in [0.1, 0.15) is 0 Å². The molecule has 1 aromatic heterocycles. The van der Waals surface area contributed by atoms with Gasteiger partial charge in [0.15, 0.2) is 0 Å². The lowest BCUT2D eigenvalue weighted by molar-refractivity contribution is 0.321. The summed E-state index contributed by atoms with van der Waals surface area (Å²) in [5, 5.41) is 0. The normalized spacial score (nSPS) is 25.0. The van der Waals surface area contributed by atoms with E-state index in [1.807, 2.05) is 0 Å².